The van der Waals surface area contributed by atoms with Crippen LogP contribution in [0.4, 0.5) is 11.5 Å². The third kappa shape index (κ3) is 4.25. The Kier molecular flexibility index (Phi) is 4.84. The number of hydrogen-bond donors (Lipinski definition) is 2. The van der Waals surface area contributed by atoms with Gasteiger partial charge in [0.1, 0.15) is 13.1 Å². The number of hydrogen-bond acceptors (Lipinski definition) is 3. The Labute approximate surface area is 123 Å². The lowest BCUT2D eigenvalue weighted by Crippen LogP contribution is -3.04. The molecule has 0 saturated heterocycles. The lowest BCUT2D eigenvalue weighted by Gasteiger charge is -2.07. The Balaban J connectivity index is 2.02. The summed E-state index contributed by atoms with van der Waals surface area (Å²) in [6, 6.07) is 11.4. The first-order valence-corrected chi connectivity index (χ1v) is 6.82. The van der Waals surface area contributed by atoms with E-state index in [1.165, 1.54) is 16.5 Å². The van der Waals surface area contributed by atoms with Crippen LogP contribution in [-0.2, 0) is 13.1 Å². The maximum atomic E-state index is 10.9. The topological polar surface area (TPSA) is 73.8 Å². The highest BCUT2D eigenvalue weighted by Crippen LogP contribution is 2.18. The zero-order valence-corrected chi connectivity index (χ0v) is 12.2. The summed E-state index contributed by atoms with van der Waals surface area (Å²) >= 11 is 0. The van der Waals surface area contributed by atoms with Crippen LogP contribution in [0.3, 0.4) is 0 Å². The minimum atomic E-state index is -0.401. The number of aromatic nitrogens is 1. The van der Waals surface area contributed by atoms with Crippen LogP contribution in [0.25, 0.3) is 0 Å². The highest BCUT2D eigenvalue weighted by Gasteiger charge is 2.19. The average Bonchev–Trinajstić information content (AvgIpc) is 2.46. The van der Waals surface area contributed by atoms with E-state index in [9.17, 15) is 10.1 Å². The van der Waals surface area contributed by atoms with E-state index < -0.39 is 4.92 Å². The van der Waals surface area contributed by atoms with E-state index in [4.69, 9.17) is 0 Å². The number of rotatable bonds is 6. The zero-order chi connectivity index (χ0) is 15.2. The number of nitrogens with one attached hydrogen (secondary N) is 3. The van der Waals surface area contributed by atoms with Gasteiger partial charge in [0.05, 0.1) is 25.2 Å². The summed E-state index contributed by atoms with van der Waals surface area (Å²) in [5.41, 5.74) is 2.40. The van der Waals surface area contributed by atoms with Gasteiger partial charge in [-0.25, -0.2) is 4.98 Å². The second-order valence-corrected chi connectivity index (χ2v) is 5.24. The molecular weight excluding hydrogens is 268 g/mol. The molecule has 3 N–H and O–H groups in total. The van der Waals surface area contributed by atoms with E-state index in [-0.39, 0.29) is 5.69 Å². The van der Waals surface area contributed by atoms with Crippen molar-refractivity contribution in [3.8, 4) is 0 Å². The summed E-state index contributed by atoms with van der Waals surface area (Å²) in [5.74, 6) is 0.421. The quantitative estimate of drug-likeness (QED) is 0.606. The molecule has 6 nitrogen and oxygen atoms in total. The van der Waals surface area contributed by atoms with Crippen LogP contribution in [0.5, 0.6) is 0 Å². The van der Waals surface area contributed by atoms with E-state index in [1.54, 1.807) is 12.3 Å². The number of nitrogens with zero attached hydrogens (tertiary/aromatic N) is 1. The molecule has 21 heavy (non-hydrogen) atoms. The summed E-state index contributed by atoms with van der Waals surface area (Å²) < 4.78 is 0. The number of pyridine rings is 1. The predicted octanol–water partition coefficient (Wildman–Crippen LogP) is 0.666. The third-order valence-electron chi connectivity index (χ3n) is 3.08. The molecule has 0 unspecified atom stereocenters. The fourth-order valence-corrected chi connectivity index (χ4v) is 2.10. The fourth-order valence-electron chi connectivity index (χ4n) is 2.10. The Morgan fingerprint density at radius 2 is 1.86 bits per heavy atom. The molecule has 6 heteroatoms. The molecule has 2 aromatic rings. The van der Waals surface area contributed by atoms with Crippen molar-refractivity contribution in [2.45, 2.75) is 13.1 Å². The maximum absolute atomic E-state index is 10.9. The fraction of sp³-hybridized carbons (Fsp3) is 0.267. The molecule has 0 fully saturated rings. The molecule has 0 aliphatic carbocycles. The van der Waals surface area contributed by atoms with Gasteiger partial charge in [-0.3, -0.25) is 15.4 Å². The van der Waals surface area contributed by atoms with E-state index in [0.717, 1.165) is 12.1 Å². The molecule has 1 aromatic heterocycles. The van der Waals surface area contributed by atoms with Crippen LogP contribution < -0.4 is 15.2 Å². The highest BCUT2D eigenvalue weighted by atomic mass is 16.6. The molecule has 1 heterocycles. The van der Waals surface area contributed by atoms with Crippen molar-refractivity contribution in [1.82, 2.24) is 0 Å². The summed E-state index contributed by atoms with van der Waals surface area (Å²) in [6.07, 6.45) is 1.66. The standard InChI is InChI=1S/C15H18N4O2/c1-18(2)11-13-7-5-12(6-8-13)10-17-15-14(19(20)21)4-3-9-16-15/h3-9H,10-11H2,1-2H3,(H,16,17)/p+2. The summed E-state index contributed by atoms with van der Waals surface area (Å²) in [7, 11) is 4.22. The van der Waals surface area contributed by atoms with Gasteiger partial charge in [0, 0.05) is 11.6 Å². The van der Waals surface area contributed by atoms with Gasteiger partial charge >= 0.3 is 11.5 Å². The normalized spacial score (nSPS) is 10.6. The van der Waals surface area contributed by atoms with Crippen LogP contribution in [0.1, 0.15) is 11.1 Å². The molecule has 0 spiro atoms. The van der Waals surface area contributed by atoms with Crippen molar-refractivity contribution >= 4 is 11.5 Å². The molecule has 0 aliphatic rings. The first-order valence-electron chi connectivity index (χ1n) is 6.82. The van der Waals surface area contributed by atoms with Gasteiger partial charge in [-0.1, -0.05) is 24.3 Å². The Hall–Kier alpha value is -2.47. The molecule has 2 rings (SSSR count). The molecule has 0 saturated carbocycles. The minimum absolute atomic E-state index is 0.0466. The first kappa shape index (κ1) is 14.9. The summed E-state index contributed by atoms with van der Waals surface area (Å²) in [6.45, 7) is 1.52. The van der Waals surface area contributed by atoms with E-state index >= 15 is 0 Å². The summed E-state index contributed by atoms with van der Waals surface area (Å²) in [5, 5.41) is 14.0. The molecular formula is C15H20N4O2+2. The summed E-state index contributed by atoms with van der Waals surface area (Å²) in [4.78, 5) is 14.8. The Morgan fingerprint density at radius 1 is 1.19 bits per heavy atom. The molecule has 0 amide bonds. The van der Waals surface area contributed by atoms with Crippen molar-refractivity contribution in [1.29, 1.82) is 0 Å². The van der Waals surface area contributed by atoms with Crippen LogP contribution in [0.2, 0.25) is 0 Å². The second kappa shape index (κ2) is 6.81. The lowest BCUT2D eigenvalue weighted by molar-refractivity contribution is -0.872. The van der Waals surface area contributed by atoms with Gasteiger partial charge in [0.2, 0.25) is 0 Å². The van der Waals surface area contributed by atoms with E-state index in [1.807, 2.05) is 12.1 Å². The Morgan fingerprint density at radius 3 is 2.48 bits per heavy atom. The van der Waals surface area contributed by atoms with Crippen molar-refractivity contribution < 1.29 is 14.8 Å². The predicted molar refractivity (Wildman–Crippen MR) is 79.9 cm³/mol. The largest absolute Gasteiger partial charge is 0.357 e. The van der Waals surface area contributed by atoms with Crippen molar-refractivity contribution in [2.75, 3.05) is 19.4 Å². The van der Waals surface area contributed by atoms with Crippen molar-refractivity contribution in [2.24, 2.45) is 0 Å². The van der Waals surface area contributed by atoms with Gasteiger partial charge in [-0.2, -0.15) is 0 Å². The van der Waals surface area contributed by atoms with Crippen LogP contribution in [0.15, 0.2) is 42.6 Å². The average molecular weight is 288 g/mol. The number of benzene rings is 1. The van der Waals surface area contributed by atoms with Gasteiger partial charge < -0.3 is 4.90 Å². The second-order valence-electron chi connectivity index (χ2n) is 5.24. The van der Waals surface area contributed by atoms with Crippen molar-refractivity contribution in [3.63, 3.8) is 0 Å². The smallest absolute Gasteiger partial charge is 0.336 e. The number of aromatic amines is 1. The van der Waals surface area contributed by atoms with Crippen molar-refractivity contribution in [3.05, 3.63) is 63.8 Å². The van der Waals surface area contributed by atoms with Gasteiger partial charge in [-0.05, 0) is 11.6 Å². The Bertz CT molecular complexity index is 611. The first-order chi connectivity index (χ1) is 10.1. The van der Waals surface area contributed by atoms with Gasteiger partial charge in [0.15, 0.2) is 0 Å². The minimum Gasteiger partial charge on any atom is -0.336 e. The monoisotopic (exact) mass is 288 g/mol. The van der Waals surface area contributed by atoms with Crippen LogP contribution in [0, 0.1) is 10.1 Å². The molecule has 110 valence electrons. The highest BCUT2D eigenvalue weighted by molar-refractivity contribution is 5.51. The SMILES string of the molecule is C[NH+](C)Cc1ccc(CNc2[nH+]cccc2[N+](=O)[O-])cc1. The number of H-pyrrole nitrogens is 1. The van der Waals surface area contributed by atoms with Crippen LogP contribution in [-0.4, -0.2) is 19.0 Å². The third-order valence-corrected chi connectivity index (χ3v) is 3.08. The maximum Gasteiger partial charge on any atom is 0.357 e. The molecule has 0 aliphatic heterocycles. The zero-order valence-electron chi connectivity index (χ0n) is 12.2. The molecule has 0 radical (unpaired) electrons. The van der Waals surface area contributed by atoms with E-state index in [2.05, 4.69) is 36.5 Å². The number of quaternary nitrogens is 1. The van der Waals surface area contributed by atoms with Gasteiger partial charge in [-0.15, -0.1) is 0 Å². The van der Waals surface area contributed by atoms with E-state index in [0.29, 0.717) is 12.4 Å². The molecule has 0 bridgehead atoms. The lowest BCUT2D eigenvalue weighted by atomic mass is 10.1. The number of anilines is 1. The van der Waals surface area contributed by atoms with Gasteiger partial charge in [0.25, 0.3) is 0 Å². The number of nitro groups is 1. The molecule has 1 aromatic carbocycles. The van der Waals surface area contributed by atoms with Crippen LogP contribution >= 0.6 is 0 Å². The molecule has 0 atom stereocenters.